The van der Waals surface area contributed by atoms with Crippen molar-refractivity contribution >= 4 is 22.6 Å². The molecule has 3 rings (SSSR count). The fraction of sp³-hybridized carbons (Fsp3) is 0.188. The van der Waals surface area contributed by atoms with Crippen LogP contribution in [0.2, 0.25) is 5.02 Å². The fourth-order valence-corrected chi connectivity index (χ4v) is 2.54. The largest absolute Gasteiger partial charge is 0.573 e. The van der Waals surface area contributed by atoms with Crippen LogP contribution in [0.1, 0.15) is 17.5 Å². The second-order valence-corrected chi connectivity index (χ2v) is 5.45. The van der Waals surface area contributed by atoms with Crippen LogP contribution in [0, 0.1) is 0 Å². The summed E-state index contributed by atoms with van der Waals surface area (Å²) in [5.41, 5.74) is 2.10. The SMILES string of the molecule is COC(c1ccc(OC(F)(F)F)cc1)c1nc2cc(Cl)ccc2[nH]1. The summed E-state index contributed by atoms with van der Waals surface area (Å²) in [7, 11) is 1.49. The number of nitrogens with zero attached hydrogens (tertiary/aromatic N) is 1. The molecule has 0 radical (unpaired) electrons. The Kier molecular flexibility index (Phi) is 4.38. The van der Waals surface area contributed by atoms with Crippen molar-refractivity contribution in [2.75, 3.05) is 7.11 Å². The Morgan fingerprint density at radius 1 is 1.12 bits per heavy atom. The lowest BCUT2D eigenvalue weighted by Gasteiger charge is -2.14. The molecule has 24 heavy (non-hydrogen) atoms. The molecule has 0 saturated heterocycles. The molecule has 1 N–H and O–H groups in total. The van der Waals surface area contributed by atoms with Gasteiger partial charge in [-0.25, -0.2) is 4.98 Å². The Morgan fingerprint density at radius 2 is 1.83 bits per heavy atom. The molecule has 0 aliphatic heterocycles. The number of aromatic nitrogens is 2. The first-order chi connectivity index (χ1) is 11.4. The molecule has 1 heterocycles. The lowest BCUT2D eigenvalue weighted by atomic mass is 10.1. The molecule has 4 nitrogen and oxygen atoms in total. The van der Waals surface area contributed by atoms with Gasteiger partial charge in [-0.2, -0.15) is 0 Å². The molecule has 0 bridgehead atoms. The van der Waals surface area contributed by atoms with Crippen LogP contribution < -0.4 is 4.74 Å². The van der Waals surface area contributed by atoms with Gasteiger partial charge in [0.15, 0.2) is 0 Å². The van der Waals surface area contributed by atoms with Crippen molar-refractivity contribution in [2.24, 2.45) is 0 Å². The summed E-state index contributed by atoms with van der Waals surface area (Å²) in [4.78, 5) is 7.55. The van der Waals surface area contributed by atoms with Gasteiger partial charge >= 0.3 is 6.36 Å². The molecule has 1 unspecified atom stereocenters. The van der Waals surface area contributed by atoms with Crippen molar-refractivity contribution in [2.45, 2.75) is 12.5 Å². The van der Waals surface area contributed by atoms with Crippen LogP contribution in [0.25, 0.3) is 11.0 Å². The zero-order valence-electron chi connectivity index (χ0n) is 12.4. The number of hydrogen-bond donors (Lipinski definition) is 1. The van der Waals surface area contributed by atoms with Crippen LogP contribution in [0.4, 0.5) is 13.2 Å². The van der Waals surface area contributed by atoms with Gasteiger partial charge in [0.2, 0.25) is 0 Å². The maximum atomic E-state index is 12.2. The Bertz CT molecular complexity index is 847. The average molecular weight is 357 g/mol. The number of methoxy groups -OCH3 is 1. The third-order valence-electron chi connectivity index (χ3n) is 3.36. The van der Waals surface area contributed by atoms with E-state index in [2.05, 4.69) is 14.7 Å². The van der Waals surface area contributed by atoms with Gasteiger partial charge < -0.3 is 14.5 Å². The van der Waals surface area contributed by atoms with Crippen molar-refractivity contribution in [1.29, 1.82) is 0 Å². The smallest absolute Gasteiger partial charge is 0.406 e. The van der Waals surface area contributed by atoms with E-state index < -0.39 is 12.5 Å². The molecule has 0 saturated carbocycles. The molecule has 0 fully saturated rings. The maximum absolute atomic E-state index is 12.2. The van der Waals surface area contributed by atoms with Gasteiger partial charge in [0.05, 0.1) is 11.0 Å². The highest BCUT2D eigenvalue weighted by Crippen LogP contribution is 2.29. The summed E-state index contributed by atoms with van der Waals surface area (Å²) in [6, 6.07) is 10.7. The molecule has 0 spiro atoms. The third kappa shape index (κ3) is 3.63. The molecule has 2 aromatic carbocycles. The van der Waals surface area contributed by atoms with E-state index in [0.29, 0.717) is 21.9 Å². The predicted molar refractivity (Wildman–Crippen MR) is 83.1 cm³/mol. The van der Waals surface area contributed by atoms with Crippen LogP contribution in [-0.4, -0.2) is 23.4 Å². The zero-order valence-corrected chi connectivity index (χ0v) is 13.2. The standard InChI is InChI=1S/C16H12ClF3N2O2/c1-23-14(9-2-5-11(6-3-9)24-16(18,19)20)15-21-12-7-4-10(17)8-13(12)22-15/h2-8,14H,1H3,(H,21,22). The summed E-state index contributed by atoms with van der Waals surface area (Å²) < 4.78 is 45.9. The number of halogens is 4. The Labute approximate surface area is 140 Å². The number of hydrogen-bond acceptors (Lipinski definition) is 3. The highest BCUT2D eigenvalue weighted by atomic mass is 35.5. The Hall–Kier alpha value is -2.25. The molecular weight excluding hydrogens is 345 g/mol. The Balaban J connectivity index is 1.89. The second kappa shape index (κ2) is 6.33. The summed E-state index contributed by atoms with van der Waals surface area (Å²) in [6.45, 7) is 0. The van der Waals surface area contributed by atoms with Gasteiger partial charge in [-0.05, 0) is 35.9 Å². The van der Waals surface area contributed by atoms with Gasteiger partial charge in [0.25, 0.3) is 0 Å². The quantitative estimate of drug-likeness (QED) is 0.727. The first-order valence-electron chi connectivity index (χ1n) is 6.89. The van der Waals surface area contributed by atoms with Gasteiger partial charge in [0.1, 0.15) is 17.7 Å². The molecule has 1 atom stereocenters. The van der Waals surface area contributed by atoms with E-state index in [9.17, 15) is 13.2 Å². The average Bonchev–Trinajstić information content (AvgIpc) is 2.91. The zero-order chi connectivity index (χ0) is 17.3. The summed E-state index contributed by atoms with van der Waals surface area (Å²) >= 11 is 5.94. The molecule has 0 aliphatic rings. The van der Waals surface area contributed by atoms with Gasteiger partial charge in [0, 0.05) is 12.1 Å². The molecule has 126 valence electrons. The van der Waals surface area contributed by atoms with Crippen molar-refractivity contribution in [1.82, 2.24) is 9.97 Å². The minimum Gasteiger partial charge on any atom is -0.406 e. The number of imidazole rings is 1. The number of aromatic amines is 1. The molecule has 0 amide bonds. The van der Waals surface area contributed by atoms with Crippen molar-refractivity contribution < 1.29 is 22.6 Å². The van der Waals surface area contributed by atoms with Gasteiger partial charge in [-0.3, -0.25) is 0 Å². The van der Waals surface area contributed by atoms with Crippen LogP contribution >= 0.6 is 11.6 Å². The lowest BCUT2D eigenvalue weighted by molar-refractivity contribution is -0.274. The molecule has 3 aromatic rings. The van der Waals surface area contributed by atoms with E-state index >= 15 is 0 Å². The van der Waals surface area contributed by atoms with Crippen LogP contribution in [0.3, 0.4) is 0 Å². The number of rotatable bonds is 4. The van der Waals surface area contributed by atoms with Crippen LogP contribution in [0.15, 0.2) is 42.5 Å². The van der Waals surface area contributed by atoms with Crippen LogP contribution in [0.5, 0.6) is 5.75 Å². The topological polar surface area (TPSA) is 47.1 Å². The number of nitrogens with one attached hydrogen (secondary N) is 1. The number of H-pyrrole nitrogens is 1. The summed E-state index contributed by atoms with van der Waals surface area (Å²) in [6.07, 6.45) is -5.28. The number of fused-ring (bicyclic) bond motifs is 1. The van der Waals surface area contributed by atoms with E-state index in [4.69, 9.17) is 16.3 Å². The van der Waals surface area contributed by atoms with Crippen molar-refractivity contribution in [3.05, 3.63) is 58.9 Å². The number of benzene rings is 2. The van der Waals surface area contributed by atoms with Gasteiger partial charge in [-0.15, -0.1) is 13.2 Å². The van der Waals surface area contributed by atoms with E-state index in [1.807, 2.05) is 0 Å². The molecular formula is C16H12ClF3N2O2. The second-order valence-electron chi connectivity index (χ2n) is 5.02. The first-order valence-corrected chi connectivity index (χ1v) is 7.27. The van der Waals surface area contributed by atoms with E-state index in [1.165, 1.54) is 31.4 Å². The van der Waals surface area contributed by atoms with Crippen LogP contribution in [-0.2, 0) is 4.74 Å². The van der Waals surface area contributed by atoms with E-state index in [-0.39, 0.29) is 5.75 Å². The minimum absolute atomic E-state index is 0.294. The third-order valence-corrected chi connectivity index (χ3v) is 3.60. The molecule has 8 heteroatoms. The molecule has 0 aliphatic carbocycles. The molecule has 1 aromatic heterocycles. The van der Waals surface area contributed by atoms with Gasteiger partial charge in [-0.1, -0.05) is 23.7 Å². The monoisotopic (exact) mass is 356 g/mol. The minimum atomic E-state index is -4.72. The van der Waals surface area contributed by atoms with Crippen molar-refractivity contribution in [3.8, 4) is 5.75 Å². The fourth-order valence-electron chi connectivity index (χ4n) is 2.37. The number of ether oxygens (including phenoxy) is 2. The van der Waals surface area contributed by atoms with Crippen molar-refractivity contribution in [3.63, 3.8) is 0 Å². The predicted octanol–water partition coefficient (Wildman–Crippen LogP) is 4.85. The highest BCUT2D eigenvalue weighted by Gasteiger charge is 2.31. The lowest BCUT2D eigenvalue weighted by Crippen LogP contribution is -2.17. The maximum Gasteiger partial charge on any atom is 0.573 e. The first kappa shape index (κ1) is 16.6. The number of alkyl halides is 3. The van der Waals surface area contributed by atoms with E-state index in [1.54, 1.807) is 18.2 Å². The highest BCUT2D eigenvalue weighted by molar-refractivity contribution is 6.31. The Morgan fingerprint density at radius 3 is 2.46 bits per heavy atom. The normalized spacial score (nSPS) is 13.2. The van der Waals surface area contributed by atoms with E-state index in [0.717, 1.165) is 5.52 Å². The summed E-state index contributed by atoms with van der Waals surface area (Å²) in [5.74, 6) is 0.233. The summed E-state index contributed by atoms with van der Waals surface area (Å²) in [5, 5.41) is 0.558.